The molecule has 1 N–H and O–H groups in total. The number of methoxy groups -OCH3 is 2. The van der Waals surface area contributed by atoms with E-state index < -0.39 is 17.8 Å². The van der Waals surface area contributed by atoms with E-state index >= 15 is 0 Å². The van der Waals surface area contributed by atoms with Gasteiger partial charge in [0.2, 0.25) is 5.56 Å². The van der Waals surface area contributed by atoms with Gasteiger partial charge in [0.25, 0.3) is 5.91 Å². The molecule has 0 saturated carbocycles. The molecule has 2 aromatic rings. The van der Waals surface area contributed by atoms with Crippen molar-refractivity contribution in [3.8, 4) is 0 Å². The van der Waals surface area contributed by atoms with Gasteiger partial charge in [-0.05, 0) is 24.3 Å². The summed E-state index contributed by atoms with van der Waals surface area (Å²) in [6, 6.07) is 6.67. The van der Waals surface area contributed by atoms with Gasteiger partial charge in [0.15, 0.2) is 0 Å². The van der Waals surface area contributed by atoms with Crippen molar-refractivity contribution in [3.05, 3.63) is 63.6 Å². The molecule has 8 nitrogen and oxygen atoms in total. The predicted octanol–water partition coefficient (Wildman–Crippen LogP) is 1.21. The average molecular weight is 344 g/mol. The van der Waals surface area contributed by atoms with Crippen LogP contribution >= 0.6 is 0 Å². The fraction of sp³-hybridized carbons (Fsp3) is 0.176. The summed E-state index contributed by atoms with van der Waals surface area (Å²) >= 11 is 0. The molecule has 0 fully saturated rings. The number of amides is 1. The zero-order chi connectivity index (χ0) is 18.6. The summed E-state index contributed by atoms with van der Waals surface area (Å²) in [7, 11) is 3.94. The van der Waals surface area contributed by atoms with Crippen LogP contribution in [-0.4, -0.2) is 36.6 Å². The maximum Gasteiger partial charge on any atom is 0.339 e. The molecule has 0 atom stereocenters. The summed E-state index contributed by atoms with van der Waals surface area (Å²) in [5.74, 6) is -1.84. The largest absolute Gasteiger partial charge is 0.465 e. The van der Waals surface area contributed by atoms with Crippen molar-refractivity contribution in [2.24, 2.45) is 7.05 Å². The molecular weight excluding hydrogens is 328 g/mol. The van der Waals surface area contributed by atoms with Crippen molar-refractivity contribution in [1.82, 2.24) is 4.57 Å². The van der Waals surface area contributed by atoms with Crippen LogP contribution in [0.15, 0.2) is 41.3 Å². The lowest BCUT2D eigenvalue weighted by molar-refractivity contribution is 0.0587. The minimum atomic E-state index is -0.674. The van der Waals surface area contributed by atoms with E-state index in [9.17, 15) is 19.2 Å². The van der Waals surface area contributed by atoms with E-state index in [1.54, 1.807) is 0 Å². The first-order valence-corrected chi connectivity index (χ1v) is 7.16. The van der Waals surface area contributed by atoms with Crippen LogP contribution in [0.25, 0.3) is 0 Å². The second-order valence-electron chi connectivity index (χ2n) is 5.06. The van der Waals surface area contributed by atoms with Gasteiger partial charge >= 0.3 is 11.9 Å². The zero-order valence-corrected chi connectivity index (χ0v) is 13.9. The molecule has 8 heteroatoms. The smallest absolute Gasteiger partial charge is 0.339 e. The number of anilines is 1. The van der Waals surface area contributed by atoms with Crippen LogP contribution in [0.1, 0.15) is 31.1 Å². The number of rotatable bonds is 4. The Kier molecular flexibility index (Phi) is 5.33. The van der Waals surface area contributed by atoms with Crippen LogP contribution in [0.4, 0.5) is 5.69 Å². The van der Waals surface area contributed by atoms with E-state index in [-0.39, 0.29) is 27.9 Å². The molecule has 0 aliphatic rings. The van der Waals surface area contributed by atoms with Crippen molar-refractivity contribution in [1.29, 1.82) is 0 Å². The number of hydrogen-bond donors (Lipinski definition) is 1. The maximum atomic E-state index is 12.4. The molecule has 130 valence electrons. The molecule has 1 heterocycles. The van der Waals surface area contributed by atoms with Crippen LogP contribution in [0.5, 0.6) is 0 Å². The van der Waals surface area contributed by atoms with E-state index in [0.29, 0.717) is 0 Å². The zero-order valence-electron chi connectivity index (χ0n) is 13.9. The van der Waals surface area contributed by atoms with Gasteiger partial charge < -0.3 is 19.4 Å². The third-order valence-corrected chi connectivity index (χ3v) is 3.44. The summed E-state index contributed by atoms with van der Waals surface area (Å²) in [6.07, 6.45) is 1.36. The van der Waals surface area contributed by atoms with Gasteiger partial charge in [-0.1, -0.05) is 0 Å². The van der Waals surface area contributed by atoms with E-state index in [0.717, 1.165) is 0 Å². The van der Waals surface area contributed by atoms with Crippen molar-refractivity contribution >= 4 is 23.5 Å². The number of carbonyl (C=O) groups excluding carboxylic acids is 3. The lowest BCUT2D eigenvalue weighted by Crippen LogP contribution is -2.20. The number of nitrogens with zero attached hydrogens (tertiary/aromatic N) is 1. The Bertz CT molecular complexity index is 900. The number of esters is 2. The van der Waals surface area contributed by atoms with E-state index in [2.05, 4.69) is 14.8 Å². The molecular formula is C17H16N2O6. The Balaban J connectivity index is 2.42. The number of aryl methyl sites for hydroxylation is 1. The Labute approximate surface area is 143 Å². The molecule has 25 heavy (non-hydrogen) atoms. The van der Waals surface area contributed by atoms with Crippen molar-refractivity contribution in [2.75, 3.05) is 19.5 Å². The molecule has 0 aliphatic carbocycles. The molecule has 0 aliphatic heterocycles. The number of aromatic nitrogens is 1. The highest BCUT2D eigenvalue weighted by Crippen LogP contribution is 2.20. The summed E-state index contributed by atoms with van der Waals surface area (Å²) < 4.78 is 10.6. The fourth-order valence-corrected chi connectivity index (χ4v) is 2.10. The quantitative estimate of drug-likeness (QED) is 0.836. The van der Waals surface area contributed by atoms with Gasteiger partial charge in [-0.2, -0.15) is 0 Å². The van der Waals surface area contributed by atoms with Crippen LogP contribution in [-0.2, 0) is 16.5 Å². The second-order valence-corrected chi connectivity index (χ2v) is 5.06. The molecule has 2 rings (SSSR count). The molecule has 1 aromatic heterocycles. The molecule has 0 bridgehead atoms. The third-order valence-electron chi connectivity index (χ3n) is 3.44. The monoisotopic (exact) mass is 344 g/mol. The molecule has 0 unspecified atom stereocenters. The van der Waals surface area contributed by atoms with Gasteiger partial charge in [0.05, 0.1) is 36.6 Å². The van der Waals surface area contributed by atoms with Crippen molar-refractivity contribution < 1.29 is 23.9 Å². The SMILES string of the molecule is COC(=O)c1ccc(C(=O)OC)c(NC(=O)c2ccc(=O)n(C)c2)c1. The minimum absolute atomic E-state index is 0.0772. The second kappa shape index (κ2) is 7.43. The van der Waals surface area contributed by atoms with E-state index in [4.69, 9.17) is 0 Å². The Morgan fingerprint density at radius 1 is 0.960 bits per heavy atom. The van der Waals surface area contributed by atoms with Crippen molar-refractivity contribution in [3.63, 3.8) is 0 Å². The lowest BCUT2D eigenvalue weighted by atomic mass is 10.1. The summed E-state index contributed by atoms with van der Waals surface area (Å²) in [4.78, 5) is 47.3. The van der Waals surface area contributed by atoms with Gasteiger partial charge in [0.1, 0.15) is 0 Å². The molecule has 0 radical (unpaired) electrons. The number of pyridine rings is 1. The Hall–Kier alpha value is -3.42. The molecule has 0 saturated heterocycles. The summed E-state index contributed by atoms with van der Waals surface area (Å²) in [6.45, 7) is 0. The first-order chi connectivity index (χ1) is 11.9. The summed E-state index contributed by atoms with van der Waals surface area (Å²) in [5.41, 5.74) is 0.272. The van der Waals surface area contributed by atoms with Gasteiger partial charge in [0, 0.05) is 19.3 Å². The molecule has 1 aromatic carbocycles. The Morgan fingerprint density at radius 2 is 1.60 bits per heavy atom. The predicted molar refractivity (Wildman–Crippen MR) is 88.8 cm³/mol. The third kappa shape index (κ3) is 3.92. The van der Waals surface area contributed by atoms with E-state index in [1.165, 1.54) is 62.4 Å². The van der Waals surface area contributed by atoms with Gasteiger partial charge in [-0.3, -0.25) is 9.59 Å². The Morgan fingerprint density at radius 3 is 2.20 bits per heavy atom. The minimum Gasteiger partial charge on any atom is -0.465 e. The first kappa shape index (κ1) is 17.9. The van der Waals surface area contributed by atoms with Crippen LogP contribution < -0.4 is 10.9 Å². The average Bonchev–Trinajstić information content (AvgIpc) is 2.62. The van der Waals surface area contributed by atoms with Crippen LogP contribution in [0.3, 0.4) is 0 Å². The van der Waals surface area contributed by atoms with Crippen LogP contribution in [0, 0.1) is 0 Å². The van der Waals surface area contributed by atoms with Gasteiger partial charge in [-0.15, -0.1) is 0 Å². The highest BCUT2D eigenvalue weighted by Gasteiger charge is 2.18. The lowest BCUT2D eigenvalue weighted by Gasteiger charge is -2.12. The van der Waals surface area contributed by atoms with Crippen LogP contribution in [0.2, 0.25) is 0 Å². The number of benzene rings is 1. The number of nitrogens with one attached hydrogen (secondary N) is 1. The first-order valence-electron chi connectivity index (χ1n) is 7.16. The van der Waals surface area contributed by atoms with E-state index in [1.807, 2.05) is 0 Å². The van der Waals surface area contributed by atoms with Gasteiger partial charge in [-0.25, -0.2) is 9.59 Å². The normalized spacial score (nSPS) is 10.0. The maximum absolute atomic E-state index is 12.4. The fourth-order valence-electron chi connectivity index (χ4n) is 2.10. The standard InChI is InChI=1S/C17H16N2O6/c1-19-9-11(5-7-14(19)20)15(21)18-13-8-10(16(22)24-2)4-6-12(13)17(23)25-3/h4-9H,1-3H3,(H,18,21). The highest BCUT2D eigenvalue weighted by molar-refractivity contribution is 6.08. The number of ether oxygens (including phenoxy) is 2. The number of hydrogen-bond acceptors (Lipinski definition) is 6. The molecule has 0 spiro atoms. The summed E-state index contributed by atoms with van der Waals surface area (Å²) in [5, 5.41) is 2.55. The highest BCUT2D eigenvalue weighted by atomic mass is 16.5. The topological polar surface area (TPSA) is 104 Å². The molecule has 1 amide bonds. The van der Waals surface area contributed by atoms with Crippen molar-refractivity contribution in [2.45, 2.75) is 0 Å². The number of carbonyl (C=O) groups is 3.